The topological polar surface area (TPSA) is 160 Å². The zero-order valence-corrected chi connectivity index (χ0v) is 25.3. The van der Waals surface area contributed by atoms with E-state index in [-0.39, 0.29) is 0 Å². The third-order valence-corrected chi connectivity index (χ3v) is 9.15. The smallest absolute Gasteiger partial charge is 0.211 e. The average Bonchev–Trinajstić information content (AvgIpc) is 3.98. The van der Waals surface area contributed by atoms with Gasteiger partial charge in [0.25, 0.3) is 0 Å². The molecule has 228 valence electrons. The van der Waals surface area contributed by atoms with E-state index in [1.165, 1.54) is 11.3 Å². The third-order valence-electron chi connectivity index (χ3n) is 8.27. The van der Waals surface area contributed by atoms with Crippen LogP contribution in [-0.4, -0.2) is 55.1 Å². The van der Waals surface area contributed by atoms with Gasteiger partial charge in [0.15, 0.2) is 17.5 Å². The molecule has 0 bridgehead atoms. The molecule has 1 aliphatic rings. The molecular weight excluding hydrogens is 613 g/mol. The Labute approximate surface area is 270 Å². The Morgan fingerprint density at radius 1 is 0.681 bits per heavy atom. The van der Waals surface area contributed by atoms with Crippen molar-refractivity contribution in [3.8, 4) is 0 Å². The molecule has 0 spiro atoms. The van der Waals surface area contributed by atoms with Crippen molar-refractivity contribution in [2.24, 2.45) is 0 Å². The minimum atomic E-state index is -1.43. The Morgan fingerprint density at radius 3 is 2.34 bits per heavy atom. The summed E-state index contributed by atoms with van der Waals surface area (Å²) < 4.78 is 0. The van der Waals surface area contributed by atoms with Gasteiger partial charge in [-0.3, -0.25) is 4.98 Å². The normalized spacial score (nSPS) is 19.5. The van der Waals surface area contributed by atoms with Crippen molar-refractivity contribution >= 4 is 39.7 Å². The van der Waals surface area contributed by atoms with Crippen LogP contribution < -0.4 is 15.1 Å². The largest absolute Gasteiger partial charge is 0.356 e. The highest BCUT2D eigenvalue weighted by Gasteiger charge is 2.77. The minimum Gasteiger partial charge on any atom is -0.356 e. The summed E-state index contributed by atoms with van der Waals surface area (Å²) in [6, 6.07) is 19.7. The van der Waals surface area contributed by atoms with Crippen molar-refractivity contribution in [1.82, 2.24) is 55.1 Å². The number of rotatable bonds is 7. The lowest BCUT2D eigenvalue weighted by molar-refractivity contribution is 0.320. The van der Waals surface area contributed by atoms with Crippen LogP contribution in [0.2, 0.25) is 0 Å². The van der Waals surface area contributed by atoms with Crippen molar-refractivity contribution in [3.05, 3.63) is 150 Å². The number of nitrogens with one attached hydrogen (secondary N) is 3. The summed E-state index contributed by atoms with van der Waals surface area (Å²) >= 11 is 1.49. The molecule has 0 saturated carbocycles. The SMILES string of the molecule is c1cnc(C2(c3cc4ccccc4[nH]3)N(c3cnccn3)N(c3cccnn3)N(c3ccc[nH]3)C2(c2ncc[nH]2)c2nccs2)nc1. The highest BCUT2D eigenvalue weighted by Crippen LogP contribution is 2.62. The first-order valence-corrected chi connectivity index (χ1v) is 15.5. The molecular formula is C32H24N14S. The van der Waals surface area contributed by atoms with Crippen LogP contribution >= 0.6 is 11.3 Å². The van der Waals surface area contributed by atoms with Gasteiger partial charge in [0, 0.05) is 66.7 Å². The molecule has 15 heteroatoms. The van der Waals surface area contributed by atoms with Crippen LogP contribution in [0.1, 0.15) is 22.4 Å². The van der Waals surface area contributed by atoms with Gasteiger partial charge in [-0.2, -0.15) is 10.2 Å². The van der Waals surface area contributed by atoms with Crippen molar-refractivity contribution in [2.75, 3.05) is 15.1 Å². The van der Waals surface area contributed by atoms with Crippen molar-refractivity contribution < 1.29 is 0 Å². The molecule has 1 aromatic carbocycles. The van der Waals surface area contributed by atoms with Crippen LogP contribution in [-0.2, 0) is 11.1 Å². The lowest BCUT2D eigenvalue weighted by Gasteiger charge is -2.44. The number of hydrazine groups is 2. The monoisotopic (exact) mass is 636 g/mol. The zero-order valence-electron chi connectivity index (χ0n) is 24.5. The van der Waals surface area contributed by atoms with Gasteiger partial charge in [-0.1, -0.05) is 18.2 Å². The van der Waals surface area contributed by atoms with Gasteiger partial charge >= 0.3 is 0 Å². The van der Waals surface area contributed by atoms with Crippen molar-refractivity contribution in [1.29, 1.82) is 0 Å². The van der Waals surface area contributed by atoms with Gasteiger partial charge in [-0.05, 0) is 47.9 Å². The fourth-order valence-electron chi connectivity index (χ4n) is 6.61. The van der Waals surface area contributed by atoms with E-state index in [4.69, 9.17) is 24.9 Å². The summed E-state index contributed by atoms with van der Waals surface area (Å²) in [4.78, 5) is 40.2. The molecule has 7 aromatic heterocycles. The third kappa shape index (κ3) is 3.71. The summed E-state index contributed by atoms with van der Waals surface area (Å²) in [5.41, 5.74) is -1.13. The molecule has 0 aliphatic carbocycles. The molecule has 0 amide bonds. The Hall–Kier alpha value is -6.48. The lowest BCUT2D eigenvalue weighted by Crippen LogP contribution is -2.60. The van der Waals surface area contributed by atoms with Gasteiger partial charge in [0.2, 0.25) is 11.1 Å². The first-order chi connectivity index (χ1) is 23.3. The van der Waals surface area contributed by atoms with Crippen LogP contribution in [0, 0.1) is 0 Å². The van der Waals surface area contributed by atoms with Gasteiger partial charge < -0.3 is 15.0 Å². The predicted molar refractivity (Wildman–Crippen MR) is 175 cm³/mol. The number of benzene rings is 1. The quantitative estimate of drug-likeness (QED) is 0.224. The number of thiazole rings is 1. The molecule has 14 nitrogen and oxygen atoms in total. The number of aromatic nitrogens is 11. The Bertz CT molecular complexity index is 2160. The molecule has 1 aliphatic heterocycles. The molecule has 2 atom stereocenters. The lowest BCUT2D eigenvalue weighted by atomic mass is 9.72. The van der Waals surface area contributed by atoms with Crippen molar-refractivity contribution in [3.63, 3.8) is 0 Å². The first kappa shape index (κ1) is 26.9. The number of aromatic amines is 3. The molecule has 1 saturated heterocycles. The number of fused-ring (bicyclic) bond motifs is 1. The minimum absolute atomic E-state index is 0.437. The molecule has 3 N–H and O–H groups in total. The predicted octanol–water partition coefficient (Wildman–Crippen LogP) is 4.60. The number of hydrogen-bond acceptors (Lipinski definition) is 12. The highest BCUT2D eigenvalue weighted by molar-refractivity contribution is 7.09. The molecule has 1 fully saturated rings. The first-order valence-electron chi connectivity index (χ1n) is 14.7. The molecule has 47 heavy (non-hydrogen) atoms. The van der Waals surface area contributed by atoms with E-state index in [2.05, 4.69) is 47.3 Å². The van der Waals surface area contributed by atoms with E-state index >= 15 is 0 Å². The maximum Gasteiger partial charge on any atom is 0.211 e. The Morgan fingerprint density at radius 2 is 1.62 bits per heavy atom. The van der Waals surface area contributed by atoms with Gasteiger partial charge in [0.05, 0.1) is 11.9 Å². The molecule has 9 rings (SSSR count). The van der Waals surface area contributed by atoms with Crippen LogP contribution in [0.5, 0.6) is 0 Å². The van der Waals surface area contributed by atoms with E-state index in [0.717, 1.165) is 16.6 Å². The summed E-state index contributed by atoms with van der Waals surface area (Å²) in [5, 5.41) is 18.6. The maximum atomic E-state index is 5.05. The van der Waals surface area contributed by atoms with E-state index in [0.29, 0.717) is 34.1 Å². The van der Waals surface area contributed by atoms with E-state index in [1.807, 2.05) is 64.2 Å². The van der Waals surface area contributed by atoms with E-state index < -0.39 is 11.1 Å². The Kier molecular flexibility index (Phi) is 6.04. The van der Waals surface area contributed by atoms with Gasteiger partial charge in [-0.25, -0.2) is 34.9 Å². The summed E-state index contributed by atoms with van der Waals surface area (Å²) in [7, 11) is 0. The number of hydrogen-bond donors (Lipinski definition) is 3. The number of H-pyrrole nitrogens is 3. The fraction of sp³-hybridized carbons (Fsp3) is 0.0625. The molecule has 8 aromatic rings. The summed E-state index contributed by atoms with van der Waals surface area (Å²) in [6.07, 6.45) is 17.3. The van der Waals surface area contributed by atoms with E-state index in [9.17, 15) is 0 Å². The fourth-order valence-corrected chi connectivity index (χ4v) is 7.49. The van der Waals surface area contributed by atoms with Crippen LogP contribution in [0.4, 0.5) is 17.5 Å². The zero-order chi connectivity index (χ0) is 31.3. The standard InChI is InChI=1S/C32H24N14S/c1-2-7-23-22(6-1)20-24(42-23)31(28-36-11-5-12-37-28)32(29-38-16-17-39-29,30-40-18-19-47-30)44(25-8-3-10-34-25)46(26-9-4-13-41-43-26)45(31)27-21-33-14-15-35-27/h1-21,34,42H,(H,38,39). The average molecular weight is 637 g/mol. The van der Waals surface area contributed by atoms with Crippen LogP contribution in [0.3, 0.4) is 0 Å². The maximum absolute atomic E-state index is 5.05. The highest BCUT2D eigenvalue weighted by atomic mass is 32.1. The van der Waals surface area contributed by atoms with Gasteiger partial charge in [-0.15, -0.1) is 16.4 Å². The van der Waals surface area contributed by atoms with Crippen molar-refractivity contribution in [2.45, 2.75) is 11.1 Å². The molecule has 2 unspecified atom stereocenters. The molecule has 0 radical (unpaired) electrons. The second-order valence-corrected chi connectivity index (χ2v) is 11.5. The Balaban J connectivity index is 1.57. The van der Waals surface area contributed by atoms with Crippen LogP contribution in [0.25, 0.3) is 10.9 Å². The second kappa shape index (κ2) is 10.6. The second-order valence-electron chi connectivity index (χ2n) is 10.7. The number of imidazole rings is 1. The number of anilines is 3. The summed E-state index contributed by atoms with van der Waals surface area (Å²) in [5.74, 6) is 2.66. The van der Waals surface area contributed by atoms with Gasteiger partial charge in [0.1, 0.15) is 16.6 Å². The molecule has 8 heterocycles. The number of para-hydroxylation sites is 1. The number of nitrogens with zero attached hydrogens (tertiary/aromatic N) is 11. The van der Waals surface area contributed by atoms with E-state index in [1.54, 1.807) is 61.8 Å². The summed E-state index contributed by atoms with van der Waals surface area (Å²) in [6.45, 7) is 0. The van der Waals surface area contributed by atoms with Crippen LogP contribution in [0.15, 0.2) is 128 Å².